The lowest BCUT2D eigenvalue weighted by molar-refractivity contribution is 0.0730. The summed E-state index contributed by atoms with van der Waals surface area (Å²) in [5, 5.41) is 1.02. The zero-order valence-electron chi connectivity index (χ0n) is 9.90. The van der Waals surface area contributed by atoms with Gasteiger partial charge in [0.1, 0.15) is 4.90 Å². The van der Waals surface area contributed by atoms with Crippen molar-refractivity contribution < 1.29 is 13.2 Å². The van der Waals surface area contributed by atoms with Crippen molar-refractivity contribution in [3.05, 3.63) is 27.7 Å². The zero-order chi connectivity index (χ0) is 14.0. The van der Waals surface area contributed by atoms with Crippen molar-refractivity contribution in [1.82, 2.24) is 4.31 Å². The summed E-state index contributed by atoms with van der Waals surface area (Å²) >= 11 is 15.4. The summed E-state index contributed by atoms with van der Waals surface area (Å²) in [6.45, 7) is 1.47. The van der Waals surface area contributed by atoms with Crippen LogP contribution in [-0.2, 0) is 20.1 Å². The first kappa shape index (κ1) is 15.5. The minimum absolute atomic E-state index is 0.0925. The Labute approximate surface area is 130 Å². The molecule has 1 aliphatic rings. The number of hydrogen-bond acceptors (Lipinski definition) is 3. The van der Waals surface area contributed by atoms with Gasteiger partial charge in [0.15, 0.2) is 0 Å². The predicted octanol–water partition coefficient (Wildman–Crippen LogP) is 2.91. The lowest BCUT2D eigenvalue weighted by Crippen LogP contribution is -2.40. The molecule has 19 heavy (non-hydrogen) atoms. The Hall–Kier alpha value is 0.150. The van der Waals surface area contributed by atoms with Gasteiger partial charge in [0, 0.05) is 29.0 Å². The third-order valence-electron chi connectivity index (χ3n) is 2.87. The number of rotatable bonds is 3. The van der Waals surface area contributed by atoms with E-state index in [0.29, 0.717) is 42.2 Å². The van der Waals surface area contributed by atoms with Crippen LogP contribution >= 0.6 is 39.1 Å². The number of benzene rings is 1. The van der Waals surface area contributed by atoms with Crippen LogP contribution in [0.25, 0.3) is 0 Å². The number of hydrogen-bond donors (Lipinski definition) is 0. The Morgan fingerprint density at radius 2 is 1.89 bits per heavy atom. The normalized spacial score (nSPS) is 17.6. The van der Waals surface area contributed by atoms with E-state index in [0.717, 1.165) is 0 Å². The number of morpholine rings is 1. The van der Waals surface area contributed by atoms with Crippen LogP contribution in [0.2, 0.25) is 10.0 Å². The molecule has 106 valence electrons. The van der Waals surface area contributed by atoms with Gasteiger partial charge in [-0.15, -0.1) is 0 Å². The van der Waals surface area contributed by atoms with Gasteiger partial charge in [0.05, 0.1) is 18.2 Å². The monoisotopic (exact) mass is 387 g/mol. The average molecular weight is 389 g/mol. The molecule has 0 radical (unpaired) electrons. The second-order valence-electron chi connectivity index (χ2n) is 3.99. The molecule has 1 aliphatic heterocycles. The van der Waals surface area contributed by atoms with Gasteiger partial charge in [0.2, 0.25) is 10.0 Å². The largest absolute Gasteiger partial charge is 0.379 e. The average Bonchev–Trinajstić information content (AvgIpc) is 2.40. The molecule has 0 bridgehead atoms. The van der Waals surface area contributed by atoms with Crippen LogP contribution in [-0.4, -0.2) is 39.0 Å². The minimum atomic E-state index is -3.60. The molecule has 1 saturated heterocycles. The van der Waals surface area contributed by atoms with Crippen LogP contribution in [0.3, 0.4) is 0 Å². The van der Waals surface area contributed by atoms with Gasteiger partial charge < -0.3 is 4.74 Å². The second kappa shape index (κ2) is 6.28. The van der Waals surface area contributed by atoms with Gasteiger partial charge in [-0.05, 0) is 12.1 Å². The number of ether oxygens (including phenoxy) is 1. The van der Waals surface area contributed by atoms with Crippen molar-refractivity contribution in [3.63, 3.8) is 0 Å². The molecule has 1 aromatic rings. The smallest absolute Gasteiger partial charge is 0.244 e. The third kappa shape index (κ3) is 3.09. The Balaban J connectivity index is 2.46. The van der Waals surface area contributed by atoms with E-state index in [1.54, 1.807) is 6.07 Å². The van der Waals surface area contributed by atoms with Crippen molar-refractivity contribution in [3.8, 4) is 0 Å². The Bertz CT molecular complexity index is 574. The summed E-state index contributed by atoms with van der Waals surface area (Å²) in [4.78, 5) is 0.0925. The van der Waals surface area contributed by atoms with E-state index < -0.39 is 10.0 Å². The molecule has 0 aromatic heterocycles. The van der Waals surface area contributed by atoms with Gasteiger partial charge in [-0.2, -0.15) is 4.31 Å². The fraction of sp³-hybridized carbons (Fsp3) is 0.455. The van der Waals surface area contributed by atoms with E-state index in [9.17, 15) is 8.42 Å². The van der Waals surface area contributed by atoms with Crippen LogP contribution in [0.5, 0.6) is 0 Å². The molecular weight excluding hydrogens is 377 g/mol. The first-order valence-electron chi connectivity index (χ1n) is 5.59. The summed E-state index contributed by atoms with van der Waals surface area (Å²) in [5.74, 6) is 0. The summed E-state index contributed by atoms with van der Waals surface area (Å²) in [6.07, 6.45) is 0. The molecule has 0 atom stereocenters. The quantitative estimate of drug-likeness (QED) is 0.748. The number of alkyl halides is 1. The number of sulfonamides is 1. The molecule has 0 saturated carbocycles. The molecule has 0 spiro atoms. The fourth-order valence-electron chi connectivity index (χ4n) is 1.82. The molecule has 0 amide bonds. The van der Waals surface area contributed by atoms with Crippen LogP contribution in [0, 0.1) is 0 Å². The van der Waals surface area contributed by atoms with Crippen LogP contribution in [0.1, 0.15) is 5.56 Å². The van der Waals surface area contributed by atoms with E-state index >= 15 is 0 Å². The maximum Gasteiger partial charge on any atom is 0.244 e. The Morgan fingerprint density at radius 1 is 1.26 bits per heavy atom. The van der Waals surface area contributed by atoms with E-state index in [2.05, 4.69) is 15.9 Å². The standard InChI is InChI=1S/C11H12BrCl2NO3S/c12-7-8-9(13)1-2-10(11(8)14)19(16,17)15-3-5-18-6-4-15/h1-2H,3-7H2. The predicted molar refractivity (Wildman–Crippen MR) is 78.7 cm³/mol. The van der Waals surface area contributed by atoms with Gasteiger partial charge >= 0.3 is 0 Å². The highest BCUT2D eigenvalue weighted by Crippen LogP contribution is 2.34. The van der Waals surface area contributed by atoms with Gasteiger partial charge in [-0.3, -0.25) is 0 Å². The first-order valence-corrected chi connectivity index (χ1v) is 8.91. The maximum atomic E-state index is 12.5. The number of halogens is 3. The van der Waals surface area contributed by atoms with Gasteiger partial charge in [-0.25, -0.2) is 8.42 Å². The highest BCUT2D eigenvalue weighted by molar-refractivity contribution is 9.08. The second-order valence-corrected chi connectivity index (χ2v) is 7.24. The molecule has 0 unspecified atom stereocenters. The molecule has 1 aromatic carbocycles. The molecule has 0 aliphatic carbocycles. The maximum absolute atomic E-state index is 12.5. The molecule has 8 heteroatoms. The summed E-state index contributed by atoms with van der Waals surface area (Å²) in [5.41, 5.74) is 0.581. The SMILES string of the molecule is O=S(=O)(c1ccc(Cl)c(CBr)c1Cl)N1CCOCC1. The molecule has 1 fully saturated rings. The highest BCUT2D eigenvalue weighted by Gasteiger charge is 2.29. The van der Waals surface area contributed by atoms with Gasteiger partial charge in [-0.1, -0.05) is 39.1 Å². The third-order valence-corrected chi connectivity index (χ3v) is 6.27. The number of nitrogens with zero attached hydrogens (tertiary/aromatic N) is 1. The topological polar surface area (TPSA) is 46.6 Å². The summed E-state index contributed by atoms with van der Waals surface area (Å²) in [7, 11) is -3.60. The first-order chi connectivity index (χ1) is 8.98. The van der Waals surface area contributed by atoms with Crippen molar-refractivity contribution in [1.29, 1.82) is 0 Å². The lowest BCUT2D eigenvalue weighted by Gasteiger charge is -2.26. The molecular formula is C11H12BrCl2NO3S. The van der Waals surface area contributed by atoms with Crippen molar-refractivity contribution in [2.75, 3.05) is 26.3 Å². The van der Waals surface area contributed by atoms with Crippen molar-refractivity contribution in [2.45, 2.75) is 10.2 Å². The van der Waals surface area contributed by atoms with E-state index in [-0.39, 0.29) is 9.92 Å². The van der Waals surface area contributed by atoms with Crippen molar-refractivity contribution >= 4 is 49.2 Å². The highest BCUT2D eigenvalue weighted by atomic mass is 79.9. The molecule has 1 heterocycles. The summed E-state index contributed by atoms with van der Waals surface area (Å²) in [6, 6.07) is 3.00. The van der Waals surface area contributed by atoms with Crippen LogP contribution in [0.15, 0.2) is 17.0 Å². The minimum Gasteiger partial charge on any atom is -0.379 e. The Morgan fingerprint density at radius 3 is 2.47 bits per heavy atom. The molecule has 4 nitrogen and oxygen atoms in total. The molecule has 0 N–H and O–H groups in total. The van der Waals surface area contributed by atoms with Gasteiger partial charge in [0.25, 0.3) is 0 Å². The lowest BCUT2D eigenvalue weighted by atomic mass is 10.2. The molecule has 2 rings (SSSR count). The Kier molecular flexibility index (Phi) is 5.14. The van der Waals surface area contributed by atoms with E-state index in [4.69, 9.17) is 27.9 Å². The van der Waals surface area contributed by atoms with Crippen LogP contribution in [0.4, 0.5) is 0 Å². The van der Waals surface area contributed by atoms with Crippen LogP contribution < -0.4 is 0 Å². The van der Waals surface area contributed by atoms with E-state index in [1.165, 1.54) is 10.4 Å². The van der Waals surface area contributed by atoms with Crippen molar-refractivity contribution in [2.24, 2.45) is 0 Å². The van der Waals surface area contributed by atoms with E-state index in [1.807, 2.05) is 0 Å². The summed E-state index contributed by atoms with van der Waals surface area (Å²) < 4.78 is 31.6. The fourth-order valence-corrected chi connectivity index (χ4v) is 5.02. The zero-order valence-corrected chi connectivity index (χ0v) is 13.8.